The number of amides is 1. The maximum atomic E-state index is 12.5. The second-order valence-corrected chi connectivity index (χ2v) is 6.95. The molecule has 1 amide bonds. The summed E-state index contributed by atoms with van der Waals surface area (Å²) >= 11 is 1.23. The molecule has 2 rings (SSSR count). The van der Waals surface area contributed by atoms with Gasteiger partial charge in [-0.1, -0.05) is 43.8 Å². The van der Waals surface area contributed by atoms with Crippen LogP contribution in [0.1, 0.15) is 38.7 Å². The minimum Gasteiger partial charge on any atom is -0.383 e. The second kappa shape index (κ2) is 8.01. The van der Waals surface area contributed by atoms with Gasteiger partial charge >= 0.3 is 0 Å². The van der Waals surface area contributed by atoms with Crippen molar-refractivity contribution in [1.29, 1.82) is 0 Å². The molecule has 0 bridgehead atoms. The molecule has 6 nitrogen and oxygen atoms in total. The van der Waals surface area contributed by atoms with Gasteiger partial charge in [-0.2, -0.15) is 0 Å². The molecule has 0 aliphatic heterocycles. The van der Waals surface area contributed by atoms with Crippen LogP contribution in [0, 0.1) is 0 Å². The molecule has 7 heteroatoms. The fraction of sp³-hybridized carbons (Fsp3) is 0.353. The molecule has 5 N–H and O–H groups in total. The van der Waals surface area contributed by atoms with Crippen molar-refractivity contribution in [1.82, 2.24) is 9.97 Å². The third-order valence-corrected chi connectivity index (χ3v) is 4.72. The summed E-state index contributed by atoms with van der Waals surface area (Å²) in [6.45, 7) is 6.07. The first kappa shape index (κ1) is 18.1. The fourth-order valence-electron chi connectivity index (χ4n) is 2.22. The lowest BCUT2D eigenvalue weighted by Crippen LogP contribution is -2.23. The molecular weight excluding hydrogens is 322 g/mol. The van der Waals surface area contributed by atoms with E-state index >= 15 is 0 Å². The third kappa shape index (κ3) is 4.61. The Morgan fingerprint density at radius 3 is 2.46 bits per heavy atom. The average Bonchev–Trinajstić information content (AvgIpc) is 2.53. The van der Waals surface area contributed by atoms with Gasteiger partial charge in [-0.3, -0.25) is 4.79 Å². The van der Waals surface area contributed by atoms with E-state index in [9.17, 15) is 4.79 Å². The average molecular weight is 345 g/mol. The number of carbonyl (C=O) groups is 1. The highest BCUT2D eigenvalue weighted by Gasteiger charge is 2.18. The Labute approximate surface area is 146 Å². The predicted octanol–water partition coefficient (Wildman–Crippen LogP) is 3.27. The molecule has 128 valence electrons. The number of nitrogen functional groups attached to an aromatic ring is 2. The summed E-state index contributed by atoms with van der Waals surface area (Å²) < 4.78 is 0. The van der Waals surface area contributed by atoms with E-state index < -0.39 is 0 Å². The van der Waals surface area contributed by atoms with Crippen molar-refractivity contribution in [3.63, 3.8) is 0 Å². The Hall–Kier alpha value is -2.28. The first-order valence-corrected chi connectivity index (χ1v) is 8.75. The normalized spacial score (nSPS) is 13.3. The Morgan fingerprint density at radius 1 is 1.21 bits per heavy atom. The van der Waals surface area contributed by atoms with Crippen molar-refractivity contribution in [2.45, 2.75) is 43.5 Å². The summed E-state index contributed by atoms with van der Waals surface area (Å²) in [5.41, 5.74) is 13.3. The number of rotatable bonds is 6. The molecule has 0 fully saturated rings. The molecule has 0 unspecified atom stereocenters. The number of benzene rings is 1. The number of hydrogen-bond acceptors (Lipinski definition) is 6. The van der Waals surface area contributed by atoms with Crippen molar-refractivity contribution < 1.29 is 4.79 Å². The summed E-state index contributed by atoms with van der Waals surface area (Å²) in [4.78, 5) is 20.7. The van der Waals surface area contributed by atoms with E-state index in [0.717, 1.165) is 17.7 Å². The second-order valence-electron chi connectivity index (χ2n) is 5.65. The van der Waals surface area contributed by atoms with E-state index in [-0.39, 0.29) is 11.2 Å². The van der Waals surface area contributed by atoms with Crippen molar-refractivity contribution in [2.24, 2.45) is 0 Å². The summed E-state index contributed by atoms with van der Waals surface area (Å²) in [6, 6.07) is 9.35. The zero-order chi connectivity index (χ0) is 17.7. The van der Waals surface area contributed by atoms with Crippen molar-refractivity contribution >= 4 is 35.0 Å². The van der Waals surface area contributed by atoms with E-state index in [1.165, 1.54) is 17.8 Å². The molecule has 24 heavy (non-hydrogen) atoms. The first-order chi connectivity index (χ1) is 11.4. The number of anilines is 3. The van der Waals surface area contributed by atoms with Gasteiger partial charge in [0.2, 0.25) is 5.91 Å². The van der Waals surface area contributed by atoms with Crippen LogP contribution in [-0.2, 0) is 4.79 Å². The number of nitrogens with zero attached hydrogens (tertiary/aromatic N) is 2. The number of hydrogen-bond donors (Lipinski definition) is 3. The largest absolute Gasteiger partial charge is 0.383 e. The summed E-state index contributed by atoms with van der Waals surface area (Å²) in [5, 5.41) is 3.01. The number of nitrogens with one attached hydrogen (secondary N) is 1. The van der Waals surface area contributed by atoms with Gasteiger partial charge in [0.15, 0.2) is 5.16 Å². The first-order valence-electron chi connectivity index (χ1n) is 7.87. The van der Waals surface area contributed by atoms with Gasteiger partial charge in [-0.25, -0.2) is 9.97 Å². The maximum Gasteiger partial charge on any atom is 0.237 e. The Kier molecular flexibility index (Phi) is 6.03. The van der Waals surface area contributed by atoms with Crippen LogP contribution in [0.2, 0.25) is 0 Å². The predicted molar refractivity (Wildman–Crippen MR) is 100.0 cm³/mol. The number of thioether (sulfide) groups is 1. The number of nitrogens with two attached hydrogens (primary N) is 2. The van der Waals surface area contributed by atoms with Crippen LogP contribution in [0.4, 0.5) is 17.3 Å². The smallest absolute Gasteiger partial charge is 0.237 e. The van der Waals surface area contributed by atoms with Gasteiger partial charge < -0.3 is 16.8 Å². The van der Waals surface area contributed by atoms with Crippen LogP contribution in [0.5, 0.6) is 0 Å². The standard InChI is InChI=1S/C17H23N5OS/c1-4-10(2)12-7-5-6-8-13(12)20-16(23)11(3)24-17-21-14(18)9-15(19)22-17/h5-11H,4H2,1-3H3,(H,20,23)(H4,18,19,21,22)/t10-,11+/m0/s1. The van der Waals surface area contributed by atoms with Gasteiger partial charge in [0.1, 0.15) is 11.6 Å². The zero-order valence-corrected chi connectivity index (χ0v) is 14.9. The minimum absolute atomic E-state index is 0.111. The lowest BCUT2D eigenvalue weighted by Gasteiger charge is -2.17. The highest BCUT2D eigenvalue weighted by Crippen LogP contribution is 2.28. The maximum absolute atomic E-state index is 12.5. The van der Waals surface area contributed by atoms with Gasteiger partial charge in [-0.05, 0) is 30.9 Å². The molecule has 2 aromatic rings. The summed E-state index contributed by atoms with van der Waals surface area (Å²) in [7, 11) is 0. The topological polar surface area (TPSA) is 107 Å². The summed E-state index contributed by atoms with van der Waals surface area (Å²) in [5.74, 6) is 0.848. The molecule has 0 radical (unpaired) electrons. The monoisotopic (exact) mass is 345 g/mol. The molecule has 0 saturated heterocycles. The van der Waals surface area contributed by atoms with Crippen molar-refractivity contribution in [3.05, 3.63) is 35.9 Å². The van der Waals surface area contributed by atoms with Crippen LogP contribution < -0.4 is 16.8 Å². The lowest BCUT2D eigenvalue weighted by molar-refractivity contribution is -0.115. The fourth-order valence-corrected chi connectivity index (χ4v) is 3.02. The molecule has 0 aliphatic rings. The highest BCUT2D eigenvalue weighted by molar-refractivity contribution is 8.00. The summed E-state index contributed by atoms with van der Waals surface area (Å²) in [6.07, 6.45) is 1.01. The van der Waals surface area contributed by atoms with E-state index in [2.05, 4.69) is 29.1 Å². The van der Waals surface area contributed by atoms with Crippen LogP contribution in [0.25, 0.3) is 0 Å². The van der Waals surface area contributed by atoms with Crippen molar-refractivity contribution in [3.8, 4) is 0 Å². The third-order valence-electron chi connectivity index (χ3n) is 3.76. The number of para-hydroxylation sites is 1. The van der Waals surface area contributed by atoms with E-state index in [4.69, 9.17) is 11.5 Å². The minimum atomic E-state index is -0.379. The Balaban J connectivity index is 2.09. The molecule has 1 heterocycles. The SMILES string of the molecule is CC[C@H](C)c1ccccc1NC(=O)[C@@H](C)Sc1nc(N)cc(N)n1. The molecule has 1 aromatic carbocycles. The Morgan fingerprint density at radius 2 is 1.83 bits per heavy atom. The van der Waals surface area contributed by atoms with E-state index in [1.54, 1.807) is 6.92 Å². The quantitative estimate of drug-likeness (QED) is 0.548. The van der Waals surface area contributed by atoms with Gasteiger partial charge in [0.25, 0.3) is 0 Å². The van der Waals surface area contributed by atoms with Crippen LogP contribution in [0.3, 0.4) is 0 Å². The lowest BCUT2D eigenvalue weighted by atomic mass is 9.97. The molecule has 0 aliphatic carbocycles. The molecular formula is C17H23N5OS. The molecule has 2 atom stereocenters. The highest BCUT2D eigenvalue weighted by atomic mass is 32.2. The van der Waals surface area contributed by atoms with Crippen molar-refractivity contribution in [2.75, 3.05) is 16.8 Å². The Bertz CT molecular complexity index is 702. The number of carbonyl (C=O) groups excluding carboxylic acids is 1. The van der Waals surface area contributed by atoms with Gasteiger partial charge in [-0.15, -0.1) is 0 Å². The van der Waals surface area contributed by atoms with Crippen LogP contribution >= 0.6 is 11.8 Å². The molecule has 1 aromatic heterocycles. The van der Waals surface area contributed by atoms with Gasteiger partial charge in [0.05, 0.1) is 5.25 Å². The van der Waals surface area contributed by atoms with Crippen LogP contribution in [-0.4, -0.2) is 21.1 Å². The number of aromatic nitrogens is 2. The van der Waals surface area contributed by atoms with E-state index in [1.807, 2.05) is 24.3 Å². The molecule has 0 spiro atoms. The molecule has 0 saturated carbocycles. The zero-order valence-electron chi connectivity index (χ0n) is 14.1. The van der Waals surface area contributed by atoms with Gasteiger partial charge in [0, 0.05) is 11.8 Å². The van der Waals surface area contributed by atoms with Crippen LogP contribution in [0.15, 0.2) is 35.5 Å². The van der Waals surface area contributed by atoms with E-state index in [0.29, 0.717) is 22.7 Å².